The first-order valence-electron chi connectivity index (χ1n) is 11.0. The minimum atomic E-state index is -0.388. The van der Waals surface area contributed by atoms with Crippen LogP contribution in [0.2, 0.25) is 0 Å². The van der Waals surface area contributed by atoms with E-state index in [1.807, 2.05) is 25.1 Å². The third-order valence-electron chi connectivity index (χ3n) is 5.59. The fraction of sp³-hybridized carbons (Fsp3) is 0.400. The molecule has 7 heteroatoms. The molecule has 0 N–H and O–H groups in total. The van der Waals surface area contributed by atoms with Crippen molar-refractivity contribution in [2.75, 3.05) is 46.6 Å². The fourth-order valence-electron chi connectivity index (χ4n) is 3.75. The van der Waals surface area contributed by atoms with Gasteiger partial charge in [0.1, 0.15) is 5.75 Å². The van der Waals surface area contributed by atoms with E-state index in [1.54, 1.807) is 25.4 Å². The Kier molecular flexibility index (Phi) is 7.39. The zero-order valence-corrected chi connectivity index (χ0v) is 18.6. The second kappa shape index (κ2) is 10.6. The maximum Gasteiger partial charge on any atom is 0.165 e. The van der Waals surface area contributed by atoms with Gasteiger partial charge in [0.05, 0.1) is 32.4 Å². The molecule has 32 heavy (non-hydrogen) atoms. The largest absolute Gasteiger partial charge is 0.493 e. The van der Waals surface area contributed by atoms with Crippen molar-refractivity contribution in [3.63, 3.8) is 0 Å². The van der Waals surface area contributed by atoms with Crippen LogP contribution in [0.3, 0.4) is 0 Å². The molecule has 170 valence electrons. The van der Waals surface area contributed by atoms with E-state index in [0.717, 1.165) is 56.6 Å². The van der Waals surface area contributed by atoms with Gasteiger partial charge in [0, 0.05) is 37.3 Å². The Hall–Kier alpha value is -2.90. The van der Waals surface area contributed by atoms with Crippen LogP contribution in [-0.4, -0.2) is 56.4 Å². The zero-order valence-electron chi connectivity index (χ0n) is 18.6. The Labute approximate surface area is 187 Å². The number of rotatable bonds is 9. The molecule has 1 fully saturated rings. The van der Waals surface area contributed by atoms with Crippen molar-refractivity contribution in [3.8, 4) is 23.0 Å². The lowest BCUT2D eigenvalue weighted by Gasteiger charge is -2.26. The van der Waals surface area contributed by atoms with E-state index in [0.29, 0.717) is 29.4 Å². The number of pyridine rings is 1. The maximum atomic E-state index is 14.4. The van der Waals surface area contributed by atoms with Crippen LogP contribution in [0.4, 0.5) is 4.39 Å². The van der Waals surface area contributed by atoms with Gasteiger partial charge in [-0.05, 0) is 42.7 Å². The Morgan fingerprint density at radius 2 is 1.88 bits per heavy atom. The molecule has 4 rings (SSSR count). The molecule has 0 aliphatic carbocycles. The van der Waals surface area contributed by atoms with Crippen molar-refractivity contribution in [1.29, 1.82) is 0 Å². The number of methoxy groups -OCH3 is 1. The van der Waals surface area contributed by atoms with Crippen molar-refractivity contribution in [2.24, 2.45) is 0 Å². The monoisotopic (exact) mass is 440 g/mol. The van der Waals surface area contributed by atoms with E-state index >= 15 is 0 Å². The van der Waals surface area contributed by atoms with E-state index in [1.165, 1.54) is 6.07 Å². The Bertz CT molecular complexity index is 1050. The lowest BCUT2D eigenvalue weighted by Crippen LogP contribution is -2.37. The van der Waals surface area contributed by atoms with Gasteiger partial charge >= 0.3 is 0 Å². The number of fused-ring (bicyclic) bond motifs is 1. The van der Waals surface area contributed by atoms with Crippen LogP contribution in [0.25, 0.3) is 10.9 Å². The van der Waals surface area contributed by atoms with Crippen LogP contribution in [0, 0.1) is 5.82 Å². The van der Waals surface area contributed by atoms with Crippen molar-refractivity contribution in [1.82, 2.24) is 9.88 Å². The fourth-order valence-corrected chi connectivity index (χ4v) is 3.75. The summed E-state index contributed by atoms with van der Waals surface area (Å²) in [6.45, 7) is 7.05. The molecule has 2 heterocycles. The Morgan fingerprint density at radius 1 is 1.03 bits per heavy atom. The molecule has 2 aromatic carbocycles. The van der Waals surface area contributed by atoms with Gasteiger partial charge in [0.2, 0.25) is 0 Å². The van der Waals surface area contributed by atoms with Crippen molar-refractivity contribution in [2.45, 2.75) is 19.8 Å². The SMILES string of the molecule is CCc1ccc(Oc2ccnc3cc(OCCCN4CCOCC4)c(OC)cc23)c(F)c1. The molecule has 1 aliphatic rings. The number of hydrogen-bond acceptors (Lipinski definition) is 6. The minimum Gasteiger partial charge on any atom is -0.493 e. The minimum absolute atomic E-state index is 0.178. The number of nitrogens with zero attached hydrogens (tertiary/aromatic N) is 2. The normalized spacial score (nSPS) is 14.5. The maximum absolute atomic E-state index is 14.4. The average Bonchev–Trinajstić information content (AvgIpc) is 2.83. The summed E-state index contributed by atoms with van der Waals surface area (Å²) in [6.07, 6.45) is 3.32. The van der Waals surface area contributed by atoms with Crippen LogP contribution in [0.5, 0.6) is 23.0 Å². The van der Waals surface area contributed by atoms with Gasteiger partial charge in [-0.15, -0.1) is 0 Å². The summed E-state index contributed by atoms with van der Waals surface area (Å²) in [5.74, 6) is 1.52. The summed E-state index contributed by atoms with van der Waals surface area (Å²) in [4.78, 5) is 6.82. The van der Waals surface area contributed by atoms with Crippen molar-refractivity contribution in [3.05, 3.63) is 54.0 Å². The van der Waals surface area contributed by atoms with Gasteiger partial charge in [0.25, 0.3) is 0 Å². The molecule has 0 radical (unpaired) electrons. The third-order valence-corrected chi connectivity index (χ3v) is 5.59. The van der Waals surface area contributed by atoms with Gasteiger partial charge in [-0.25, -0.2) is 4.39 Å². The second-order valence-corrected chi connectivity index (χ2v) is 7.71. The number of hydrogen-bond donors (Lipinski definition) is 0. The van der Waals surface area contributed by atoms with Crippen LogP contribution in [0.15, 0.2) is 42.6 Å². The van der Waals surface area contributed by atoms with Gasteiger partial charge in [-0.2, -0.15) is 0 Å². The predicted molar refractivity (Wildman–Crippen MR) is 122 cm³/mol. The van der Waals surface area contributed by atoms with E-state index in [4.69, 9.17) is 18.9 Å². The summed E-state index contributed by atoms with van der Waals surface area (Å²) in [5, 5.41) is 0.726. The van der Waals surface area contributed by atoms with Crippen LogP contribution < -0.4 is 14.2 Å². The van der Waals surface area contributed by atoms with E-state index in [9.17, 15) is 4.39 Å². The number of morpholine rings is 1. The molecule has 0 bridgehead atoms. The number of aryl methyl sites for hydroxylation is 1. The molecule has 1 aliphatic heterocycles. The molecule has 0 spiro atoms. The molecule has 0 saturated carbocycles. The van der Waals surface area contributed by atoms with Crippen molar-refractivity contribution >= 4 is 10.9 Å². The Balaban J connectivity index is 1.49. The first kappa shape index (κ1) is 22.3. The summed E-state index contributed by atoms with van der Waals surface area (Å²) in [5.41, 5.74) is 1.61. The molecule has 1 aromatic heterocycles. The lowest BCUT2D eigenvalue weighted by atomic mass is 10.1. The zero-order chi connectivity index (χ0) is 22.3. The number of aromatic nitrogens is 1. The topological polar surface area (TPSA) is 53.1 Å². The summed E-state index contributed by atoms with van der Waals surface area (Å²) in [6, 6.07) is 10.4. The van der Waals surface area contributed by atoms with Crippen LogP contribution in [-0.2, 0) is 11.2 Å². The highest BCUT2D eigenvalue weighted by Crippen LogP contribution is 2.37. The average molecular weight is 441 g/mol. The van der Waals surface area contributed by atoms with Crippen molar-refractivity contribution < 1.29 is 23.3 Å². The molecular weight excluding hydrogens is 411 g/mol. The molecule has 3 aromatic rings. The first-order chi connectivity index (χ1) is 15.7. The van der Waals surface area contributed by atoms with Crippen LogP contribution >= 0.6 is 0 Å². The highest BCUT2D eigenvalue weighted by molar-refractivity contribution is 5.88. The van der Waals surface area contributed by atoms with Gasteiger partial charge in [-0.1, -0.05) is 13.0 Å². The lowest BCUT2D eigenvalue weighted by molar-refractivity contribution is 0.0357. The Morgan fingerprint density at radius 3 is 2.62 bits per heavy atom. The summed E-state index contributed by atoms with van der Waals surface area (Å²) in [7, 11) is 1.60. The molecule has 0 unspecified atom stereocenters. The second-order valence-electron chi connectivity index (χ2n) is 7.71. The van der Waals surface area contributed by atoms with E-state index < -0.39 is 0 Å². The third kappa shape index (κ3) is 5.29. The molecule has 0 amide bonds. The van der Waals surface area contributed by atoms with Gasteiger partial charge in [-0.3, -0.25) is 9.88 Å². The number of ether oxygens (including phenoxy) is 4. The number of benzene rings is 2. The molecule has 6 nitrogen and oxygen atoms in total. The quantitative estimate of drug-likeness (QED) is 0.444. The first-order valence-corrected chi connectivity index (χ1v) is 11.0. The molecule has 1 saturated heterocycles. The summed E-state index contributed by atoms with van der Waals surface area (Å²) >= 11 is 0. The van der Waals surface area contributed by atoms with E-state index in [2.05, 4.69) is 9.88 Å². The van der Waals surface area contributed by atoms with E-state index in [-0.39, 0.29) is 11.6 Å². The molecule has 0 atom stereocenters. The number of halogens is 1. The highest BCUT2D eigenvalue weighted by atomic mass is 19.1. The standard InChI is InChI=1S/C25H29FN2O4/c1-3-18-5-6-23(20(26)15-18)32-22-7-8-27-21-17-25(24(29-2)16-19(21)22)31-12-4-9-28-10-13-30-14-11-28/h5-8,15-17H,3-4,9-14H2,1-2H3. The van der Waals surface area contributed by atoms with Gasteiger partial charge in [0.15, 0.2) is 23.1 Å². The van der Waals surface area contributed by atoms with Gasteiger partial charge < -0.3 is 18.9 Å². The van der Waals surface area contributed by atoms with Crippen LogP contribution in [0.1, 0.15) is 18.9 Å². The summed E-state index contributed by atoms with van der Waals surface area (Å²) < 4.78 is 37.3. The smallest absolute Gasteiger partial charge is 0.165 e. The highest BCUT2D eigenvalue weighted by Gasteiger charge is 2.14. The predicted octanol–water partition coefficient (Wildman–Crippen LogP) is 4.84. The molecular formula is C25H29FN2O4.